The molecule has 202 valence electrons. The first kappa shape index (κ1) is 29.7. The Morgan fingerprint density at radius 1 is 1.03 bits per heavy atom. The number of hydrogen-bond acceptors (Lipinski definition) is 5. The van der Waals surface area contributed by atoms with E-state index in [2.05, 4.69) is 22.8 Å². The van der Waals surface area contributed by atoms with E-state index in [0.717, 1.165) is 29.5 Å². The zero-order chi connectivity index (χ0) is 27.8. The average molecular weight is 512 g/mol. The Bertz CT molecular complexity index is 1060. The number of rotatable bonds is 10. The second-order valence-corrected chi connectivity index (χ2v) is 10.5. The lowest BCUT2D eigenvalue weighted by molar-refractivity contribution is -0.135. The minimum Gasteiger partial charge on any atom is -0.508 e. The summed E-state index contributed by atoms with van der Waals surface area (Å²) in [6.07, 6.45) is 1.11. The van der Waals surface area contributed by atoms with Gasteiger partial charge in [0.25, 0.3) is 0 Å². The van der Waals surface area contributed by atoms with Crippen LogP contribution in [0.15, 0.2) is 42.5 Å². The van der Waals surface area contributed by atoms with Gasteiger partial charge in [0.2, 0.25) is 11.8 Å². The van der Waals surface area contributed by atoms with Crippen molar-refractivity contribution in [2.75, 3.05) is 13.6 Å². The first-order chi connectivity index (χ1) is 17.3. The number of nitrogens with zero attached hydrogens (tertiary/aromatic N) is 1. The summed E-state index contributed by atoms with van der Waals surface area (Å²) in [6.45, 7) is 11.1. The van der Waals surface area contributed by atoms with E-state index in [9.17, 15) is 19.5 Å². The highest BCUT2D eigenvalue weighted by Crippen LogP contribution is 2.22. The molecule has 8 nitrogen and oxygen atoms in total. The number of alkyl carbamates (subject to hydrolysis) is 1. The van der Waals surface area contributed by atoms with Crippen molar-refractivity contribution in [1.29, 1.82) is 0 Å². The molecule has 0 bridgehead atoms. The molecule has 0 aliphatic rings. The van der Waals surface area contributed by atoms with Gasteiger partial charge in [-0.3, -0.25) is 9.59 Å². The average Bonchev–Trinajstić information content (AvgIpc) is 2.79. The molecular weight excluding hydrogens is 470 g/mol. The van der Waals surface area contributed by atoms with Crippen LogP contribution in [0.5, 0.6) is 5.75 Å². The van der Waals surface area contributed by atoms with Crippen LogP contribution in [0.3, 0.4) is 0 Å². The van der Waals surface area contributed by atoms with Crippen LogP contribution in [0, 0.1) is 13.8 Å². The molecule has 0 aliphatic carbocycles. The molecule has 2 aromatic carbocycles. The zero-order valence-corrected chi connectivity index (χ0v) is 23.1. The van der Waals surface area contributed by atoms with Crippen molar-refractivity contribution in [2.45, 2.75) is 78.5 Å². The minimum atomic E-state index is -0.976. The van der Waals surface area contributed by atoms with E-state index < -0.39 is 29.7 Å². The Hall–Kier alpha value is -3.55. The summed E-state index contributed by atoms with van der Waals surface area (Å²) in [7, 11) is 1.72. The largest absolute Gasteiger partial charge is 0.508 e. The summed E-state index contributed by atoms with van der Waals surface area (Å²) < 4.78 is 5.36. The number of benzene rings is 2. The summed E-state index contributed by atoms with van der Waals surface area (Å²) in [5.41, 5.74) is 2.89. The third-order valence-corrected chi connectivity index (χ3v) is 6.00. The van der Waals surface area contributed by atoms with Crippen LogP contribution in [-0.4, -0.2) is 59.2 Å². The van der Waals surface area contributed by atoms with Crippen molar-refractivity contribution in [2.24, 2.45) is 0 Å². The van der Waals surface area contributed by atoms with Crippen LogP contribution in [-0.2, 0) is 27.2 Å². The van der Waals surface area contributed by atoms with E-state index in [0.29, 0.717) is 6.54 Å². The fraction of sp³-hybridized carbons (Fsp3) is 0.483. The van der Waals surface area contributed by atoms with Crippen molar-refractivity contribution < 1.29 is 24.2 Å². The van der Waals surface area contributed by atoms with Crippen molar-refractivity contribution in [3.8, 4) is 5.75 Å². The summed E-state index contributed by atoms with van der Waals surface area (Å²) in [4.78, 5) is 40.3. The molecule has 8 heteroatoms. The molecule has 37 heavy (non-hydrogen) atoms. The van der Waals surface area contributed by atoms with Crippen LogP contribution in [0.4, 0.5) is 4.79 Å². The maximum atomic E-state index is 13.3. The van der Waals surface area contributed by atoms with E-state index in [4.69, 9.17) is 4.74 Å². The number of aromatic hydroxyl groups is 1. The van der Waals surface area contributed by atoms with Crippen molar-refractivity contribution in [3.63, 3.8) is 0 Å². The number of carbonyl (C=O) groups excluding carboxylic acids is 3. The Morgan fingerprint density at radius 3 is 2.19 bits per heavy atom. The van der Waals surface area contributed by atoms with E-state index in [1.165, 1.54) is 5.56 Å². The van der Waals surface area contributed by atoms with Gasteiger partial charge in [-0.2, -0.15) is 0 Å². The number of aryl methyl sites for hydroxylation is 3. The topological polar surface area (TPSA) is 108 Å². The van der Waals surface area contributed by atoms with Gasteiger partial charge in [0.15, 0.2) is 0 Å². The van der Waals surface area contributed by atoms with Crippen molar-refractivity contribution >= 4 is 17.9 Å². The number of hydrogen-bond donors (Lipinski definition) is 3. The normalized spacial score (nSPS) is 12.8. The molecule has 0 saturated heterocycles. The summed E-state index contributed by atoms with van der Waals surface area (Å²) in [6, 6.07) is 11.5. The fourth-order valence-electron chi connectivity index (χ4n) is 4.14. The lowest BCUT2D eigenvalue weighted by atomic mass is 9.95. The van der Waals surface area contributed by atoms with E-state index in [1.807, 2.05) is 32.0 Å². The Morgan fingerprint density at radius 2 is 1.62 bits per heavy atom. The first-order valence-electron chi connectivity index (χ1n) is 12.6. The highest BCUT2D eigenvalue weighted by atomic mass is 16.6. The second-order valence-electron chi connectivity index (χ2n) is 10.5. The summed E-state index contributed by atoms with van der Waals surface area (Å²) >= 11 is 0. The van der Waals surface area contributed by atoms with Gasteiger partial charge >= 0.3 is 6.09 Å². The first-order valence-corrected chi connectivity index (χ1v) is 12.6. The van der Waals surface area contributed by atoms with Gasteiger partial charge in [-0.1, -0.05) is 30.3 Å². The molecule has 0 radical (unpaired) electrons. The number of carbonyl (C=O) groups is 3. The molecule has 0 fully saturated rings. The van der Waals surface area contributed by atoms with Gasteiger partial charge in [0.1, 0.15) is 23.4 Å². The molecule has 1 unspecified atom stereocenters. The van der Waals surface area contributed by atoms with E-state index in [1.54, 1.807) is 51.8 Å². The van der Waals surface area contributed by atoms with E-state index >= 15 is 0 Å². The second kappa shape index (κ2) is 13.1. The monoisotopic (exact) mass is 511 g/mol. The number of phenols is 1. The molecule has 0 aliphatic heterocycles. The Labute approximate surface area is 220 Å². The third kappa shape index (κ3) is 9.79. The molecule has 3 amide bonds. The zero-order valence-electron chi connectivity index (χ0n) is 23.1. The minimum absolute atomic E-state index is 0.134. The molecule has 3 N–H and O–H groups in total. The number of likely N-dealkylation sites (N-methyl/N-ethyl adjacent to an activating group) is 1. The maximum absolute atomic E-state index is 13.3. The van der Waals surface area contributed by atoms with Crippen molar-refractivity contribution in [1.82, 2.24) is 15.5 Å². The molecule has 0 heterocycles. The number of amides is 3. The lowest BCUT2D eigenvalue weighted by Crippen LogP contribution is -2.54. The molecule has 0 spiro atoms. The van der Waals surface area contributed by atoms with Gasteiger partial charge < -0.3 is 25.4 Å². The number of nitrogens with one attached hydrogen (secondary N) is 2. The van der Waals surface area contributed by atoms with Gasteiger partial charge in [0, 0.05) is 20.0 Å². The van der Waals surface area contributed by atoms with Crippen LogP contribution < -0.4 is 10.6 Å². The van der Waals surface area contributed by atoms with Gasteiger partial charge in [0.05, 0.1) is 0 Å². The number of phenolic OH excluding ortho intramolecular Hbond substituents is 1. The summed E-state index contributed by atoms with van der Waals surface area (Å²) in [5.74, 6) is -0.569. The summed E-state index contributed by atoms with van der Waals surface area (Å²) in [5, 5.41) is 15.3. The van der Waals surface area contributed by atoms with Crippen molar-refractivity contribution in [3.05, 3.63) is 64.7 Å². The molecule has 0 saturated carbocycles. The Balaban J connectivity index is 2.07. The lowest BCUT2D eigenvalue weighted by Gasteiger charge is -2.26. The standard InChI is InChI=1S/C29H41N3O5/c1-19-16-23(33)17-20(2)24(19)18-25(31-28(36)37-29(4,5)6)26(34)30-21(3)27(35)32(7)15-11-14-22-12-9-8-10-13-22/h8-10,12-13,16-17,21,25,33H,11,14-15,18H2,1-7H3,(H,30,34)(H,31,36)/t21-,25?/m1/s1. The molecule has 0 aromatic heterocycles. The number of ether oxygens (including phenoxy) is 1. The molecular formula is C29H41N3O5. The fourth-order valence-corrected chi connectivity index (χ4v) is 4.14. The van der Waals surface area contributed by atoms with Crippen LogP contribution in [0.1, 0.15) is 56.4 Å². The highest BCUT2D eigenvalue weighted by Gasteiger charge is 2.28. The highest BCUT2D eigenvalue weighted by molar-refractivity contribution is 5.91. The third-order valence-electron chi connectivity index (χ3n) is 6.00. The van der Waals surface area contributed by atoms with E-state index in [-0.39, 0.29) is 18.1 Å². The predicted octanol–water partition coefficient (Wildman–Crippen LogP) is 4.04. The Kier molecular flexibility index (Phi) is 10.5. The molecule has 2 atom stereocenters. The molecule has 2 aromatic rings. The van der Waals surface area contributed by atoms with Crippen LogP contribution in [0.2, 0.25) is 0 Å². The SMILES string of the molecule is Cc1cc(O)cc(C)c1CC(NC(=O)OC(C)(C)C)C(=O)N[C@H](C)C(=O)N(C)CCCc1ccccc1. The molecule has 2 rings (SSSR count). The van der Waals surface area contributed by atoms with Crippen LogP contribution in [0.25, 0.3) is 0 Å². The maximum Gasteiger partial charge on any atom is 0.408 e. The van der Waals surface area contributed by atoms with Gasteiger partial charge in [-0.05, 0) is 88.8 Å². The smallest absolute Gasteiger partial charge is 0.408 e. The van der Waals surface area contributed by atoms with Gasteiger partial charge in [-0.15, -0.1) is 0 Å². The predicted molar refractivity (Wildman–Crippen MR) is 144 cm³/mol. The van der Waals surface area contributed by atoms with Crippen LogP contribution >= 0.6 is 0 Å². The quantitative estimate of drug-likeness (QED) is 0.446. The van der Waals surface area contributed by atoms with Gasteiger partial charge in [-0.25, -0.2) is 4.79 Å².